The van der Waals surface area contributed by atoms with Gasteiger partial charge in [-0.25, -0.2) is 4.79 Å². The van der Waals surface area contributed by atoms with E-state index >= 15 is 0 Å². The van der Waals surface area contributed by atoms with Gasteiger partial charge in [0.1, 0.15) is 11.8 Å². The van der Waals surface area contributed by atoms with Gasteiger partial charge in [0.05, 0.1) is 13.0 Å². The van der Waals surface area contributed by atoms with Crippen LogP contribution < -0.4 is 10.6 Å². The summed E-state index contributed by atoms with van der Waals surface area (Å²) in [5, 5.41) is 5.74. The Bertz CT molecular complexity index is 903. The van der Waals surface area contributed by atoms with Gasteiger partial charge in [-0.15, -0.1) is 0 Å². The van der Waals surface area contributed by atoms with Gasteiger partial charge in [-0.3, -0.25) is 9.59 Å². The molecule has 0 aromatic rings. The molecular weight excluding hydrogens is 449 g/mol. The molecule has 9 heteroatoms. The van der Waals surface area contributed by atoms with Crippen molar-refractivity contribution < 1.29 is 32.3 Å². The summed E-state index contributed by atoms with van der Waals surface area (Å²) >= 11 is 0. The largest absolute Gasteiger partial charge is 0.467 e. The number of carbonyl (C=O) groups is 3. The lowest BCUT2D eigenvalue weighted by Gasteiger charge is -2.58. The highest BCUT2D eigenvalue weighted by molar-refractivity contribution is 5.97. The lowest BCUT2D eigenvalue weighted by atomic mass is 9.48. The number of ether oxygens (including phenoxy) is 1. The minimum absolute atomic E-state index is 0.164. The first-order valence-electron chi connectivity index (χ1n) is 12.3. The average molecular weight is 485 g/mol. The lowest BCUT2D eigenvalue weighted by molar-refractivity contribution is -0.186. The number of fused-ring (bicyclic) bond motifs is 5. The van der Waals surface area contributed by atoms with Gasteiger partial charge in [0.2, 0.25) is 5.91 Å². The van der Waals surface area contributed by atoms with Gasteiger partial charge in [0.25, 0.3) is 0 Å². The molecular formula is C25H35F3N2O4. The molecule has 2 N–H and O–H groups in total. The third-order valence-electron chi connectivity index (χ3n) is 9.56. The van der Waals surface area contributed by atoms with Crippen molar-refractivity contribution in [3.05, 3.63) is 11.6 Å². The number of Topliss-reactive ketones (excluding diaryl/α,β-unsaturated/α-hetero) is 1. The zero-order chi connectivity index (χ0) is 25.1. The van der Waals surface area contributed by atoms with Crippen LogP contribution in [0.15, 0.2) is 11.6 Å². The molecule has 3 aliphatic carbocycles. The number of carbonyl (C=O) groups excluding carboxylic acids is 3. The molecule has 4 rings (SSSR count). The molecule has 1 aliphatic heterocycles. The van der Waals surface area contributed by atoms with Crippen molar-refractivity contribution in [3.8, 4) is 0 Å². The van der Waals surface area contributed by atoms with Crippen LogP contribution in [-0.4, -0.2) is 49.6 Å². The first-order chi connectivity index (χ1) is 15.8. The van der Waals surface area contributed by atoms with Gasteiger partial charge in [0, 0.05) is 35.4 Å². The Hall–Kier alpha value is -1.90. The Morgan fingerprint density at radius 1 is 1.18 bits per heavy atom. The Kier molecular flexibility index (Phi) is 6.41. The predicted molar refractivity (Wildman–Crippen MR) is 118 cm³/mol. The molecule has 8 atom stereocenters. The molecule has 1 amide bonds. The number of alkyl halides is 3. The fourth-order valence-electron chi connectivity index (χ4n) is 7.43. The number of amides is 1. The minimum Gasteiger partial charge on any atom is -0.467 e. The van der Waals surface area contributed by atoms with Crippen LogP contribution in [0.25, 0.3) is 0 Å². The normalized spacial score (nSPS) is 39.1. The van der Waals surface area contributed by atoms with Crippen LogP contribution in [0, 0.1) is 34.5 Å². The van der Waals surface area contributed by atoms with E-state index in [4.69, 9.17) is 0 Å². The quantitative estimate of drug-likeness (QED) is 0.597. The maximum atomic E-state index is 13.3. The zero-order valence-corrected chi connectivity index (χ0v) is 20.3. The summed E-state index contributed by atoms with van der Waals surface area (Å²) in [6, 6.07) is -1.65. The number of halogens is 3. The fourth-order valence-corrected chi connectivity index (χ4v) is 7.43. The van der Waals surface area contributed by atoms with E-state index in [1.54, 1.807) is 0 Å². The molecule has 3 unspecified atom stereocenters. The van der Waals surface area contributed by atoms with Crippen molar-refractivity contribution in [1.82, 2.24) is 10.6 Å². The van der Waals surface area contributed by atoms with Gasteiger partial charge in [0.15, 0.2) is 0 Å². The van der Waals surface area contributed by atoms with E-state index in [2.05, 4.69) is 29.2 Å². The molecule has 6 nitrogen and oxygen atoms in total. The molecule has 0 aromatic carbocycles. The predicted octanol–water partition coefficient (Wildman–Crippen LogP) is 3.55. The molecule has 1 heterocycles. The fraction of sp³-hybridized carbons (Fsp3) is 0.800. The van der Waals surface area contributed by atoms with Crippen LogP contribution in [0.1, 0.15) is 59.3 Å². The number of rotatable bonds is 4. The van der Waals surface area contributed by atoms with Crippen molar-refractivity contribution >= 4 is 17.7 Å². The monoisotopic (exact) mass is 484 g/mol. The third kappa shape index (κ3) is 3.97. The van der Waals surface area contributed by atoms with Crippen LogP contribution in [0.5, 0.6) is 0 Å². The molecule has 3 saturated carbocycles. The smallest absolute Gasteiger partial charge is 0.394 e. The summed E-state index contributed by atoms with van der Waals surface area (Å²) in [5.74, 6) is -2.50. The van der Waals surface area contributed by atoms with E-state index in [1.165, 1.54) is 0 Å². The molecule has 190 valence electrons. The van der Waals surface area contributed by atoms with E-state index in [1.807, 2.05) is 6.08 Å². The Labute approximate surface area is 198 Å². The van der Waals surface area contributed by atoms with Crippen molar-refractivity contribution in [3.63, 3.8) is 0 Å². The molecule has 0 saturated heterocycles. The number of esters is 1. The summed E-state index contributed by atoms with van der Waals surface area (Å²) in [4.78, 5) is 37.8. The molecule has 0 aromatic heterocycles. The maximum Gasteiger partial charge on any atom is 0.394 e. The summed E-state index contributed by atoms with van der Waals surface area (Å²) in [6.07, 6.45) is 2.52. The second-order valence-electron chi connectivity index (χ2n) is 11.1. The Morgan fingerprint density at radius 3 is 2.53 bits per heavy atom. The zero-order valence-electron chi connectivity index (χ0n) is 20.3. The van der Waals surface area contributed by atoms with E-state index in [-0.39, 0.29) is 29.3 Å². The van der Waals surface area contributed by atoms with Crippen LogP contribution in [0.4, 0.5) is 13.2 Å². The van der Waals surface area contributed by atoms with Crippen LogP contribution in [0.3, 0.4) is 0 Å². The molecule has 3 fully saturated rings. The number of nitrogens with one attached hydrogen (secondary N) is 2. The van der Waals surface area contributed by atoms with Crippen LogP contribution in [-0.2, 0) is 19.1 Å². The highest BCUT2D eigenvalue weighted by Gasteiger charge is 2.59. The molecule has 0 bridgehead atoms. The van der Waals surface area contributed by atoms with E-state index in [0.717, 1.165) is 46.1 Å². The van der Waals surface area contributed by atoms with Gasteiger partial charge >= 0.3 is 12.1 Å². The van der Waals surface area contributed by atoms with Crippen LogP contribution in [0.2, 0.25) is 0 Å². The van der Waals surface area contributed by atoms with Gasteiger partial charge in [-0.1, -0.05) is 26.8 Å². The van der Waals surface area contributed by atoms with Crippen LogP contribution >= 0.6 is 0 Å². The van der Waals surface area contributed by atoms with E-state index in [0.29, 0.717) is 29.6 Å². The second-order valence-corrected chi connectivity index (χ2v) is 11.1. The SMILES string of the molecule is COC(=O)C(NC(=O)C1=C[C@@]2(C)C(CC[C@@H]3[C@H]2CC[C@]2(C)C(=O)CC[C@@H]32)NC1)C(C)C(F)(F)F. The summed E-state index contributed by atoms with van der Waals surface area (Å²) in [6.45, 7) is 5.33. The number of methoxy groups -OCH3 is 1. The minimum atomic E-state index is -4.66. The van der Waals surface area contributed by atoms with E-state index < -0.39 is 30.0 Å². The van der Waals surface area contributed by atoms with Gasteiger partial charge in [-0.05, 0) is 49.9 Å². The molecule has 0 spiro atoms. The molecule has 0 radical (unpaired) electrons. The first kappa shape index (κ1) is 25.2. The maximum absolute atomic E-state index is 13.3. The summed E-state index contributed by atoms with van der Waals surface area (Å²) in [5.41, 5.74) is -0.256. The van der Waals surface area contributed by atoms with Gasteiger partial charge < -0.3 is 15.4 Å². The number of hydrogen-bond donors (Lipinski definition) is 2. The average Bonchev–Trinajstić information content (AvgIpc) is 3.09. The number of hydrogen-bond acceptors (Lipinski definition) is 5. The standard InChI is InChI=1S/C25H35F3N2O4/c1-13(25(26,27)28)20(22(33)34-4)30-21(32)14-11-24(3)17-9-10-23(2)16(6-8-19(23)31)15(17)5-7-18(24)29-12-14/h11,13,15-18,20,29H,5-10,12H2,1-4H3,(H,30,32)/t13?,15-,16-,17+,18?,20?,23-,24+/m0/s1. The Balaban J connectivity index is 1.58. The van der Waals surface area contributed by atoms with Crippen molar-refractivity contribution in [2.24, 2.45) is 34.5 Å². The van der Waals surface area contributed by atoms with Crippen molar-refractivity contribution in [2.45, 2.75) is 77.6 Å². The third-order valence-corrected chi connectivity index (χ3v) is 9.56. The lowest BCUT2D eigenvalue weighted by Crippen LogP contribution is -2.60. The topological polar surface area (TPSA) is 84.5 Å². The highest BCUT2D eigenvalue weighted by Crippen LogP contribution is 2.62. The molecule has 4 aliphatic rings. The summed E-state index contributed by atoms with van der Waals surface area (Å²) < 4.78 is 44.5. The molecule has 34 heavy (non-hydrogen) atoms. The summed E-state index contributed by atoms with van der Waals surface area (Å²) in [7, 11) is 1.00. The Morgan fingerprint density at radius 2 is 1.88 bits per heavy atom. The van der Waals surface area contributed by atoms with Crippen molar-refractivity contribution in [1.29, 1.82) is 0 Å². The van der Waals surface area contributed by atoms with Gasteiger partial charge in [-0.2, -0.15) is 13.2 Å². The second kappa shape index (κ2) is 8.64. The number of ketones is 1. The first-order valence-corrected chi connectivity index (χ1v) is 12.3. The van der Waals surface area contributed by atoms with Crippen molar-refractivity contribution in [2.75, 3.05) is 13.7 Å². The highest BCUT2D eigenvalue weighted by atomic mass is 19.4. The van der Waals surface area contributed by atoms with E-state index in [9.17, 15) is 27.6 Å².